The molecule has 0 spiro atoms. The minimum absolute atomic E-state index is 0.0838. The molecule has 0 aromatic heterocycles. The molecule has 0 aromatic carbocycles. The molecule has 0 aromatic rings. The molecule has 0 aliphatic heterocycles. The molecule has 4 heteroatoms. The Labute approximate surface area is 59.4 Å². The first-order valence-corrected chi connectivity index (χ1v) is 2.95. The molecule has 0 fully saturated rings. The average molecular weight is 145 g/mol. The first kappa shape index (κ1) is 9.26. The topological polar surface area (TPSA) is 57.6 Å². The van der Waals surface area contributed by atoms with E-state index in [1.54, 1.807) is 0 Å². The molecule has 58 valence electrons. The Bertz CT molecular complexity index is 128. The second-order valence-corrected chi connectivity index (χ2v) is 2.23. The molecule has 0 atom stereocenters. The number of hydroxylamine groups is 2. The minimum Gasteiger partial charge on any atom is -0.313 e. The fourth-order valence-electron chi connectivity index (χ4n) is 0.570. The third-order valence-corrected chi connectivity index (χ3v) is 0.810. The Morgan fingerprint density at radius 1 is 1.20 bits per heavy atom. The molecule has 0 radical (unpaired) electrons. The minimum atomic E-state index is -0.163. The summed E-state index contributed by atoms with van der Waals surface area (Å²) in [6.45, 7) is 2.53. The van der Waals surface area contributed by atoms with Crippen LogP contribution in [-0.2, 0) is 9.59 Å². The van der Waals surface area contributed by atoms with E-state index >= 15 is 0 Å². The molecule has 1 N–H and O–H groups in total. The quantitative estimate of drug-likeness (QED) is 0.559. The number of hydrogen-bond donors (Lipinski definition) is 1. The van der Waals surface area contributed by atoms with Crippen LogP contribution in [0.5, 0.6) is 0 Å². The predicted octanol–water partition coefficient (Wildman–Crippen LogP) is -0.144. The van der Waals surface area contributed by atoms with Gasteiger partial charge in [0.1, 0.15) is 11.6 Å². The van der Waals surface area contributed by atoms with E-state index in [0.717, 1.165) is 0 Å². The lowest BCUT2D eigenvalue weighted by Gasteiger charge is -2.08. The van der Waals surface area contributed by atoms with Gasteiger partial charge in [0.25, 0.3) is 0 Å². The maximum atomic E-state index is 10.3. The van der Waals surface area contributed by atoms with Crippen LogP contribution in [-0.4, -0.2) is 34.9 Å². The zero-order valence-corrected chi connectivity index (χ0v) is 6.13. The number of ketones is 2. The molecule has 0 saturated carbocycles. The number of nitrogens with zero attached hydrogens (tertiary/aromatic N) is 1. The maximum absolute atomic E-state index is 10.3. The van der Waals surface area contributed by atoms with Crippen molar-refractivity contribution in [3.05, 3.63) is 0 Å². The highest BCUT2D eigenvalue weighted by Crippen LogP contribution is 1.82. The lowest BCUT2D eigenvalue weighted by atomic mass is 10.4. The van der Waals surface area contributed by atoms with Gasteiger partial charge < -0.3 is 5.21 Å². The van der Waals surface area contributed by atoms with Gasteiger partial charge in [-0.1, -0.05) is 0 Å². The Kier molecular flexibility index (Phi) is 3.83. The molecule has 0 rings (SSSR count). The van der Waals surface area contributed by atoms with Crippen LogP contribution in [0.3, 0.4) is 0 Å². The molecule has 0 aliphatic rings. The van der Waals surface area contributed by atoms with E-state index in [0.29, 0.717) is 5.06 Å². The number of rotatable bonds is 4. The van der Waals surface area contributed by atoms with Crippen molar-refractivity contribution in [2.45, 2.75) is 13.8 Å². The van der Waals surface area contributed by atoms with E-state index in [1.165, 1.54) is 13.8 Å². The van der Waals surface area contributed by atoms with Gasteiger partial charge in [-0.15, -0.1) is 0 Å². The molecule has 0 saturated heterocycles. The molecular formula is C6H11NO3. The molecular weight excluding hydrogens is 134 g/mol. The number of hydrogen-bond acceptors (Lipinski definition) is 4. The summed E-state index contributed by atoms with van der Waals surface area (Å²) in [6, 6.07) is 0. The molecule has 4 nitrogen and oxygen atoms in total. The zero-order valence-electron chi connectivity index (χ0n) is 6.13. The Hall–Kier alpha value is -0.740. The SMILES string of the molecule is CC(=O)CN(O)CC(C)=O. The zero-order chi connectivity index (χ0) is 8.15. The van der Waals surface area contributed by atoms with Crippen LogP contribution in [0, 0.1) is 0 Å². The van der Waals surface area contributed by atoms with Crippen molar-refractivity contribution in [1.82, 2.24) is 5.06 Å². The van der Waals surface area contributed by atoms with Gasteiger partial charge in [-0.2, -0.15) is 5.06 Å². The highest BCUT2D eigenvalue weighted by Gasteiger charge is 2.04. The van der Waals surface area contributed by atoms with E-state index in [4.69, 9.17) is 5.21 Å². The van der Waals surface area contributed by atoms with Gasteiger partial charge in [0.2, 0.25) is 0 Å². The van der Waals surface area contributed by atoms with Crippen LogP contribution in [0.15, 0.2) is 0 Å². The Morgan fingerprint density at radius 3 is 1.70 bits per heavy atom. The van der Waals surface area contributed by atoms with E-state index in [1.807, 2.05) is 0 Å². The van der Waals surface area contributed by atoms with Gasteiger partial charge in [0.05, 0.1) is 13.1 Å². The van der Waals surface area contributed by atoms with Gasteiger partial charge in [0, 0.05) is 0 Å². The average Bonchev–Trinajstić information content (AvgIpc) is 1.58. The van der Waals surface area contributed by atoms with E-state index in [9.17, 15) is 9.59 Å². The molecule has 0 unspecified atom stereocenters. The van der Waals surface area contributed by atoms with Crippen molar-refractivity contribution < 1.29 is 14.8 Å². The van der Waals surface area contributed by atoms with E-state index in [2.05, 4.69) is 0 Å². The summed E-state index contributed by atoms with van der Waals surface area (Å²) in [5.74, 6) is -0.326. The summed E-state index contributed by atoms with van der Waals surface area (Å²) in [7, 11) is 0. The van der Waals surface area contributed by atoms with Crippen molar-refractivity contribution in [1.29, 1.82) is 0 Å². The molecule has 0 amide bonds. The van der Waals surface area contributed by atoms with Gasteiger partial charge in [-0.3, -0.25) is 9.59 Å². The van der Waals surface area contributed by atoms with Gasteiger partial charge >= 0.3 is 0 Å². The van der Waals surface area contributed by atoms with Gasteiger partial charge in [0.15, 0.2) is 0 Å². The van der Waals surface area contributed by atoms with E-state index in [-0.39, 0.29) is 24.7 Å². The highest BCUT2D eigenvalue weighted by atomic mass is 16.5. The highest BCUT2D eigenvalue weighted by molar-refractivity contribution is 5.80. The first-order valence-electron chi connectivity index (χ1n) is 2.95. The summed E-state index contributed by atoms with van der Waals surface area (Å²) in [4.78, 5) is 20.6. The number of Topliss-reactive ketones (excluding diaryl/α,β-unsaturated/α-hetero) is 2. The molecule has 10 heavy (non-hydrogen) atoms. The summed E-state index contributed by atoms with van der Waals surface area (Å²) in [5, 5.41) is 9.48. The van der Waals surface area contributed by atoms with Gasteiger partial charge in [-0.25, -0.2) is 0 Å². The second-order valence-electron chi connectivity index (χ2n) is 2.23. The smallest absolute Gasteiger partial charge is 0.146 e. The Morgan fingerprint density at radius 2 is 1.50 bits per heavy atom. The van der Waals surface area contributed by atoms with Crippen molar-refractivity contribution in [3.8, 4) is 0 Å². The lowest BCUT2D eigenvalue weighted by Crippen LogP contribution is -2.29. The van der Waals surface area contributed by atoms with E-state index < -0.39 is 0 Å². The van der Waals surface area contributed by atoms with Crippen LogP contribution < -0.4 is 0 Å². The molecule has 0 aliphatic carbocycles. The normalized spacial score (nSPS) is 10.0. The van der Waals surface area contributed by atoms with Crippen LogP contribution in [0.2, 0.25) is 0 Å². The summed E-state index contributed by atoms with van der Waals surface area (Å²) >= 11 is 0. The largest absolute Gasteiger partial charge is 0.313 e. The maximum Gasteiger partial charge on any atom is 0.146 e. The fourth-order valence-corrected chi connectivity index (χ4v) is 0.570. The third-order valence-electron chi connectivity index (χ3n) is 0.810. The standard InChI is InChI=1S/C6H11NO3/c1-5(8)3-7(10)4-6(2)9/h10H,3-4H2,1-2H3. The van der Waals surface area contributed by atoms with Crippen molar-refractivity contribution in [2.24, 2.45) is 0 Å². The number of carbonyl (C=O) groups is 2. The van der Waals surface area contributed by atoms with Crippen molar-refractivity contribution in [2.75, 3.05) is 13.1 Å². The first-order chi connectivity index (χ1) is 4.52. The fraction of sp³-hybridized carbons (Fsp3) is 0.667. The predicted molar refractivity (Wildman–Crippen MR) is 34.7 cm³/mol. The summed E-state index contributed by atoms with van der Waals surface area (Å²) < 4.78 is 0. The summed E-state index contributed by atoms with van der Waals surface area (Å²) in [6.07, 6.45) is 0. The Balaban J connectivity index is 3.53. The van der Waals surface area contributed by atoms with Crippen LogP contribution in [0.4, 0.5) is 0 Å². The van der Waals surface area contributed by atoms with Gasteiger partial charge in [-0.05, 0) is 13.8 Å². The van der Waals surface area contributed by atoms with Crippen molar-refractivity contribution in [3.63, 3.8) is 0 Å². The summed E-state index contributed by atoms with van der Waals surface area (Å²) in [5.41, 5.74) is 0. The molecule has 0 heterocycles. The third kappa shape index (κ3) is 5.40. The van der Waals surface area contributed by atoms with Crippen LogP contribution in [0.1, 0.15) is 13.8 Å². The van der Waals surface area contributed by atoms with Crippen LogP contribution >= 0.6 is 0 Å². The van der Waals surface area contributed by atoms with Crippen molar-refractivity contribution >= 4 is 11.6 Å². The van der Waals surface area contributed by atoms with Crippen LogP contribution in [0.25, 0.3) is 0 Å². The molecule has 0 bridgehead atoms. The monoisotopic (exact) mass is 145 g/mol. The second kappa shape index (κ2) is 4.14. The lowest BCUT2D eigenvalue weighted by molar-refractivity contribution is -0.141. The number of carbonyl (C=O) groups excluding carboxylic acids is 2.